The molecule has 1 atom stereocenters. The molecule has 11 heteroatoms. The van der Waals surface area contributed by atoms with Gasteiger partial charge in [0, 0.05) is 5.56 Å². The number of halogens is 2. The molecule has 1 amide bonds. The third kappa shape index (κ3) is 4.98. The summed E-state index contributed by atoms with van der Waals surface area (Å²) in [7, 11) is 1.52. The number of carbonyl (C=O) groups is 1. The molecule has 1 aromatic heterocycles. The standard InChI is InChI=1S/C19H19F2N5O3S/c1-11(17(27)23-14-5-3-4-6-15(14)28-2)30-19-25-24-16(26(19)22)12-7-9-13(10-8-12)29-18(20)21/h3-11,18H,22H2,1-2H3,(H,23,27)/t11-/m0/s1. The number of methoxy groups -OCH3 is 1. The predicted octanol–water partition coefficient (Wildman–Crippen LogP) is 3.39. The summed E-state index contributed by atoms with van der Waals surface area (Å²) in [4.78, 5) is 12.5. The van der Waals surface area contributed by atoms with Crippen LogP contribution in [0.2, 0.25) is 0 Å². The average molecular weight is 435 g/mol. The Morgan fingerprint density at radius 3 is 2.53 bits per heavy atom. The second-order valence-electron chi connectivity index (χ2n) is 6.03. The van der Waals surface area contributed by atoms with E-state index in [-0.39, 0.29) is 11.7 Å². The first-order valence-corrected chi connectivity index (χ1v) is 9.63. The fourth-order valence-electron chi connectivity index (χ4n) is 2.53. The number of nitrogens with two attached hydrogens (primary N) is 1. The maximum atomic E-state index is 12.5. The van der Waals surface area contributed by atoms with Crippen LogP contribution in [-0.4, -0.2) is 39.8 Å². The Bertz CT molecular complexity index is 1010. The molecule has 0 aliphatic rings. The molecule has 1 heterocycles. The van der Waals surface area contributed by atoms with Crippen molar-refractivity contribution >= 4 is 23.4 Å². The lowest BCUT2D eigenvalue weighted by Gasteiger charge is -2.13. The van der Waals surface area contributed by atoms with Crippen LogP contribution < -0.4 is 20.6 Å². The Morgan fingerprint density at radius 2 is 1.87 bits per heavy atom. The topological polar surface area (TPSA) is 104 Å². The summed E-state index contributed by atoms with van der Waals surface area (Å²) in [6.45, 7) is -1.19. The van der Waals surface area contributed by atoms with E-state index < -0.39 is 11.9 Å². The number of carbonyl (C=O) groups excluding carboxylic acids is 1. The van der Waals surface area contributed by atoms with Crippen molar-refractivity contribution in [1.29, 1.82) is 0 Å². The van der Waals surface area contributed by atoms with Crippen LogP contribution in [0, 0.1) is 0 Å². The van der Waals surface area contributed by atoms with Crippen LogP contribution in [0.3, 0.4) is 0 Å². The van der Waals surface area contributed by atoms with Gasteiger partial charge in [0.15, 0.2) is 5.82 Å². The molecule has 0 saturated carbocycles. The van der Waals surface area contributed by atoms with E-state index in [0.29, 0.717) is 28.0 Å². The Morgan fingerprint density at radius 1 is 1.17 bits per heavy atom. The van der Waals surface area contributed by atoms with E-state index in [1.54, 1.807) is 31.2 Å². The summed E-state index contributed by atoms with van der Waals surface area (Å²) in [5.41, 5.74) is 1.11. The Labute approximate surface area is 175 Å². The molecule has 3 aromatic rings. The molecule has 0 saturated heterocycles. The van der Waals surface area contributed by atoms with E-state index in [2.05, 4.69) is 20.3 Å². The summed E-state index contributed by atoms with van der Waals surface area (Å²) in [5.74, 6) is 6.69. The first-order chi connectivity index (χ1) is 14.4. The first kappa shape index (κ1) is 21.4. The number of benzene rings is 2. The van der Waals surface area contributed by atoms with Gasteiger partial charge in [0.1, 0.15) is 11.5 Å². The van der Waals surface area contributed by atoms with Crippen LogP contribution in [0.25, 0.3) is 11.4 Å². The van der Waals surface area contributed by atoms with Gasteiger partial charge in [-0.15, -0.1) is 10.2 Å². The maximum Gasteiger partial charge on any atom is 0.387 e. The second-order valence-corrected chi connectivity index (χ2v) is 7.34. The Kier molecular flexibility index (Phi) is 6.72. The van der Waals surface area contributed by atoms with Crippen molar-refractivity contribution < 1.29 is 23.0 Å². The van der Waals surface area contributed by atoms with E-state index in [9.17, 15) is 13.6 Å². The molecule has 0 fully saturated rings. The molecule has 0 unspecified atom stereocenters. The highest BCUT2D eigenvalue weighted by Gasteiger charge is 2.21. The number of hydrogen-bond acceptors (Lipinski definition) is 7. The van der Waals surface area contributed by atoms with E-state index >= 15 is 0 Å². The van der Waals surface area contributed by atoms with Crippen molar-refractivity contribution in [3.05, 3.63) is 48.5 Å². The van der Waals surface area contributed by atoms with Gasteiger partial charge in [-0.25, -0.2) is 4.68 Å². The molecule has 2 aromatic carbocycles. The predicted molar refractivity (Wildman–Crippen MR) is 109 cm³/mol. The molecule has 158 valence electrons. The minimum atomic E-state index is -2.90. The normalized spacial score (nSPS) is 11.9. The van der Waals surface area contributed by atoms with Gasteiger partial charge in [-0.2, -0.15) is 8.78 Å². The SMILES string of the molecule is COc1ccccc1NC(=O)[C@H](C)Sc1nnc(-c2ccc(OC(F)F)cc2)n1N. The van der Waals surface area contributed by atoms with Crippen LogP contribution >= 0.6 is 11.8 Å². The number of amides is 1. The lowest BCUT2D eigenvalue weighted by molar-refractivity contribution is -0.115. The molecule has 0 bridgehead atoms. The number of nitrogens with one attached hydrogen (secondary N) is 1. The number of rotatable bonds is 8. The summed E-state index contributed by atoms with van der Waals surface area (Å²) in [6.07, 6.45) is 0. The minimum absolute atomic E-state index is 0.0214. The summed E-state index contributed by atoms with van der Waals surface area (Å²) in [5, 5.41) is 10.6. The van der Waals surface area contributed by atoms with Gasteiger partial charge in [-0.3, -0.25) is 4.79 Å². The fourth-order valence-corrected chi connectivity index (χ4v) is 3.30. The minimum Gasteiger partial charge on any atom is -0.495 e. The van der Waals surface area contributed by atoms with Crippen LogP contribution in [-0.2, 0) is 4.79 Å². The third-order valence-electron chi connectivity index (χ3n) is 4.02. The van der Waals surface area contributed by atoms with Crippen molar-refractivity contribution in [2.45, 2.75) is 23.9 Å². The number of aromatic nitrogens is 3. The van der Waals surface area contributed by atoms with Crippen molar-refractivity contribution in [3.63, 3.8) is 0 Å². The maximum absolute atomic E-state index is 12.5. The van der Waals surface area contributed by atoms with Gasteiger partial charge in [-0.1, -0.05) is 23.9 Å². The molecule has 30 heavy (non-hydrogen) atoms. The van der Waals surface area contributed by atoms with Crippen molar-refractivity contribution in [1.82, 2.24) is 14.9 Å². The number of nitrogens with zero attached hydrogens (tertiary/aromatic N) is 3. The van der Waals surface area contributed by atoms with Crippen LogP contribution in [0.1, 0.15) is 6.92 Å². The number of alkyl halides is 2. The molecule has 3 rings (SSSR count). The zero-order valence-corrected chi connectivity index (χ0v) is 16.9. The second kappa shape index (κ2) is 9.44. The molecule has 8 nitrogen and oxygen atoms in total. The monoisotopic (exact) mass is 435 g/mol. The highest BCUT2D eigenvalue weighted by atomic mass is 32.2. The number of ether oxygens (including phenoxy) is 2. The highest BCUT2D eigenvalue weighted by Crippen LogP contribution is 2.28. The zero-order chi connectivity index (χ0) is 21.7. The lowest BCUT2D eigenvalue weighted by atomic mass is 10.2. The number of hydrogen-bond donors (Lipinski definition) is 2. The molecule has 3 N–H and O–H groups in total. The molecule has 0 radical (unpaired) electrons. The molecule has 0 aliphatic heterocycles. The van der Waals surface area contributed by atoms with Gasteiger partial charge in [0.2, 0.25) is 11.1 Å². The van der Waals surface area contributed by atoms with Gasteiger partial charge in [-0.05, 0) is 43.3 Å². The van der Waals surface area contributed by atoms with Crippen molar-refractivity contribution in [2.75, 3.05) is 18.3 Å². The van der Waals surface area contributed by atoms with Gasteiger partial charge in [0.05, 0.1) is 18.0 Å². The third-order valence-corrected chi connectivity index (χ3v) is 5.08. The Balaban J connectivity index is 1.69. The fraction of sp³-hybridized carbons (Fsp3) is 0.211. The van der Waals surface area contributed by atoms with Crippen molar-refractivity contribution in [3.8, 4) is 22.9 Å². The number of thioether (sulfide) groups is 1. The van der Waals surface area contributed by atoms with Crippen molar-refractivity contribution in [2.24, 2.45) is 0 Å². The molecule has 0 aliphatic carbocycles. The lowest BCUT2D eigenvalue weighted by Crippen LogP contribution is -2.24. The summed E-state index contributed by atoms with van der Waals surface area (Å²) in [6, 6.07) is 12.9. The molecular formula is C19H19F2N5O3S. The largest absolute Gasteiger partial charge is 0.495 e. The van der Waals surface area contributed by atoms with Crippen LogP contribution in [0.15, 0.2) is 53.7 Å². The van der Waals surface area contributed by atoms with E-state index in [1.807, 2.05) is 0 Å². The van der Waals surface area contributed by atoms with Crippen LogP contribution in [0.4, 0.5) is 14.5 Å². The number of anilines is 1. The smallest absolute Gasteiger partial charge is 0.387 e. The van der Waals surface area contributed by atoms with E-state index in [0.717, 1.165) is 11.8 Å². The quantitative estimate of drug-likeness (QED) is 0.413. The molecule has 0 spiro atoms. The summed E-state index contributed by atoms with van der Waals surface area (Å²) >= 11 is 1.13. The first-order valence-electron chi connectivity index (χ1n) is 8.75. The number of nitrogen functional groups attached to an aromatic ring is 1. The molecular weight excluding hydrogens is 416 g/mol. The summed E-state index contributed by atoms with van der Waals surface area (Å²) < 4.78 is 35.3. The average Bonchev–Trinajstić information content (AvgIpc) is 3.08. The zero-order valence-electron chi connectivity index (χ0n) is 16.1. The van der Waals surface area contributed by atoms with Gasteiger partial charge >= 0.3 is 6.61 Å². The Hall–Kier alpha value is -3.34. The van der Waals surface area contributed by atoms with Crippen LogP contribution in [0.5, 0.6) is 11.5 Å². The van der Waals surface area contributed by atoms with Gasteiger partial charge < -0.3 is 20.6 Å². The highest BCUT2D eigenvalue weighted by molar-refractivity contribution is 8.00. The van der Waals surface area contributed by atoms with E-state index in [1.165, 1.54) is 36.1 Å². The van der Waals surface area contributed by atoms with E-state index in [4.69, 9.17) is 10.6 Å². The number of para-hydroxylation sites is 2. The van der Waals surface area contributed by atoms with Gasteiger partial charge in [0.25, 0.3) is 0 Å².